The number of nitro groups is 1. The summed E-state index contributed by atoms with van der Waals surface area (Å²) in [5.74, 6) is 0.929. The van der Waals surface area contributed by atoms with Crippen LogP contribution in [0.4, 0.5) is 11.4 Å². The van der Waals surface area contributed by atoms with E-state index in [1.165, 1.54) is 6.07 Å². The lowest BCUT2D eigenvalue weighted by atomic mass is 10.2. The van der Waals surface area contributed by atoms with Crippen LogP contribution in [0.5, 0.6) is 11.5 Å². The third kappa shape index (κ3) is 2.49. The van der Waals surface area contributed by atoms with E-state index in [9.17, 15) is 10.1 Å². The summed E-state index contributed by atoms with van der Waals surface area (Å²) < 4.78 is 12.5. The predicted octanol–water partition coefficient (Wildman–Crippen LogP) is 2.76. The second kappa shape index (κ2) is 5.35. The highest BCUT2D eigenvalue weighted by molar-refractivity contribution is 5.69. The summed E-state index contributed by atoms with van der Waals surface area (Å²) >= 11 is 0. The number of ether oxygens (including phenoxy) is 2. The van der Waals surface area contributed by atoms with Crippen LogP contribution < -0.4 is 14.8 Å². The quantitative estimate of drug-likeness (QED) is 0.676. The van der Waals surface area contributed by atoms with Crippen molar-refractivity contribution in [1.29, 1.82) is 0 Å². The Morgan fingerprint density at radius 1 is 1.38 bits per heavy atom. The van der Waals surface area contributed by atoms with E-state index in [-0.39, 0.29) is 12.5 Å². The molecular weight excluding hydrogens is 274 g/mol. The zero-order valence-electron chi connectivity index (χ0n) is 11.5. The van der Waals surface area contributed by atoms with Gasteiger partial charge < -0.3 is 19.4 Å². The van der Waals surface area contributed by atoms with E-state index in [1.54, 1.807) is 6.07 Å². The molecule has 21 heavy (non-hydrogen) atoms. The summed E-state index contributed by atoms with van der Waals surface area (Å²) in [4.78, 5) is 10.7. The summed E-state index contributed by atoms with van der Waals surface area (Å²) in [5, 5.41) is 14.3. The Kier molecular flexibility index (Phi) is 3.39. The lowest BCUT2D eigenvalue weighted by Gasteiger charge is -2.10. The van der Waals surface area contributed by atoms with Crippen LogP contribution in [0.25, 0.3) is 0 Å². The first-order valence-electron chi connectivity index (χ1n) is 6.65. The SMILES string of the molecule is CCn1cccc1CNc1cc2c(cc1[N+](=O)[O-])OCO2. The second-order valence-corrected chi connectivity index (χ2v) is 4.62. The number of nitrogens with one attached hydrogen (secondary N) is 1. The summed E-state index contributed by atoms with van der Waals surface area (Å²) in [6.07, 6.45) is 1.98. The Balaban J connectivity index is 1.86. The first-order chi connectivity index (χ1) is 10.2. The minimum Gasteiger partial charge on any atom is -0.454 e. The first-order valence-corrected chi connectivity index (χ1v) is 6.65. The van der Waals surface area contributed by atoms with Crippen molar-refractivity contribution in [3.8, 4) is 11.5 Å². The maximum absolute atomic E-state index is 11.2. The molecule has 0 unspecified atom stereocenters. The number of nitro benzene ring substituents is 1. The van der Waals surface area contributed by atoms with Crippen LogP contribution in [0.3, 0.4) is 0 Å². The van der Waals surface area contributed by atoms with Crippen molar-refractivity contribution in [2.75, 3.05) is 12.1 Å². The van der Waals surface area contributed by atoms with Crippen LogP contribution in [-0.4, -0.2) is 16.3 Å². The van der Waals surface area contributed by atoms with Crippen molar-refractivity contribution in [3.05, 3.63) is 46.3 Å². The van der Waals surface area contributed by atoms with Gasteiger partial charge in [-0.15, -0.1) is 0 Å². The van der Waals surface area contributed by atoms with Gasteiger partial charge in [-0.05, 0) is 19.1 Å². The van der Waals surface area contributed by atoms with Crippen LogP contribution in [0.1, 0.15) is 12.6 Å². The average molecular weight is 289 g/mol. The predicted molar refractivity (Wildman–Crippen MR) is 76.7 cm³/mol. The van der Waals surface area contributed by atoms with Crippen molar-refractivity contribution in [1.82, 2.24) is 4.57 Å². The zero-order chi connectivity index (χ0) is 14.8. The van der Waals surface area contributed by atoms with Crippen LogP contribution in [0.2, 0.25) is 0 Å². The molecule has 1 aromatic carbocycles. The van der Waals surface area contributed by atoms with E-state index in [4.69, 9.17) is 9.47 Å². The van der Waals surface area contributed by atoms with Gasteiger partial charge >= 0.3 is 0 Å². The molecule has 2 aromatic rings. The first kappa shape index (κ1) is 13.3. The highest BCUT2D eigenvalue weighted by atomic mass is 16.7. The number of fused-ring (bicyclic) bond motifs is 1. The van der Waals surface area contributed by atoms with Gasteiger partial charge in [0.1, 0.15) is 5.69 Å². The van der Waals surface area contributed by atoms with E-state index in [0.717, 1.165) is 12.2 Å². The van der Waals surface area contributed by atoms with Crippen molar-refractivity contribution in [3.63, 3.8) is 0 Å². The molecular formula is C14H15N3O4. The molecule has 7 nitrogen and oxygen atoms in total. The molecule has 0 saturated heterocycles. The van der Waals surface area contributed by atoms with Gasteiger partial charge in [0.2, 0.25) is 6.79 Å². The zero-order valence-corrected chi connectivity index (χ0v) is 11.5. The molecule has 0 aliphatic carbocycles. The molecule has 0 bridgehead atoms. The second-order valence-electron chi connectivity index (χ2n) is 4.62. The van der Waals surface area contributed by atoms with Gasteiger partial charge in [0.05, 0.1) is 17.5 Å². The summed E-state index contributed by atoms with van der Waals surface area (Å²) in [5.41, 5.74) is 1.46. The molecule has 1 N–H and O–H groups in total. The fraction of sp³-hybridized carbons (Fsp3) is 0.286. The largest absolute Gasteiger partial charge is 0.454 e. The maximum atomic E-state index is 11.2. The summed E-state index contributed by atoms with van der Waals surface area (Å²) in [6, 6.07) is 6.94. The summed E-state index contributed by atoms with van der Waals surface area (Å²) in [7, 11) is 0. The van der Waals surface area contributed by atoms with Crippen LogP contribution in [-0.2, 0) is 13.1 Å². The molecule has 0 saturated carbocycles. The Bertz CT molecular complexity index is 681. The molecule has 2 heterocycles. The maximum Gasteiger partial charge on any atom is 0.296 e. The van der Waals surface area contributed by atoms with Gasteiger partial charge in [-0.3, -0.25) is 10.1 Å². The summed E-state index contributed by atoms with van der Waals surface area (Å²) in [6.45, 7) is 3.50. The van der Waals surface area contributed by atoms with Crippen LogP contribution in [0.15, 0.2) is 30.5 Å². The number of hydrogen-bond donors (Lipinski definition) is 1. The van der Waals surface area contributed by atoms with Gasteiger partial charge in [0, 0.05) is 24.5 Å². The smallest absolute Gasteiger partial charge is 0.296 e. The van der Waals surface area contributed by atoms with Crippen LogP contribution >= 0.6 is 0 Å². The Labute approximate surface area is 121 Å². The van der Waals surface area contributed by atoms with Gasteiger partial charge in [-0.25, -0.2) is 0 Å². The highest BCUT2D eigenvalue weighted by Crippen LogP contribution is 2.40. The van der Waals surface area contributed by atoms with E-state index in [2.05, 4.69) is 9.88 Å². The third-order valence-corrected chi connectivity index (χ3v) is 3.41. The van der Waals surface area contributed by atoms with E-state index in [0.29, 0.717) is 23.7 Å². The Morgan fingerprint density at radius 2 is 2.14 bits per heavy atom. The van der Waals surface area contributed by atoms with Gasteiger partial charge in [-0.2, -0.15) is 0 Å². The number of hydrogen-bond acceptors (Lipinski definition) is 5. The fourth-order valence-corrected chi connectivity index (χ4v) is 2.33. The van der Waals surface area contributed by atoms with Gasteiger partial charge in [0.25, 0.3) is 5.69 Å². The molecule has 0 amide bonds. The number of anilines is 1. The topological polar surface area (TPSA) is 78.6 Å². The Morgan fingerprint density at radius 3 is 2.86 bits per heavy atom. The molecule has 7 heteroatoms. The normalized spacial score (nSPS) is 12.4. The van der Waals surface area contributed by atoms with Gasteiger partial charge in [-0.1, -0.05) is 0 Å². The third-order valence-electron chi connectivity index (χ3n) is 3.41. The minimum atomic E-state index is -0.427. The highest BCUT2D eigenvalue weighted by Gasteiger charge is 2.23. The lowest BCUT2D eigenvalue weighted by Crippen LogP contribution is -2.07. The standard InChI is InChI=1S/C14H15N3O4/c1-2-16-5-3-4-10(16)8-15-11-6-13-14(21-9-20-13)7-12(11)17(18)19/h3-7,15H,2,8-9H2,1H3. The Hall–Kier alpha value is -2.70. The molecule has 0 fully saturated rings. The molecule has 0 spiro atoms. The number of aryl methyl sites for hydroxylation is 1. The van der Waals surface area contributed by atoms with E-state index < -0.39 is 4.92 Å². The van der Waals surface area contributed by atoms with Crippen molar-refractivity contribution in [2.45, 2.75) is 20.0 Å². The molecule has 110 valence electrons. The van der Waals surface area contributed by atoms with Gasteiger partial charge in [0.15, 0.2) is 11.5 Å². The molecule has 0 radical (unpaired) electrons. The van der Waals surface area contributed by atoms with E-state index >= 15 is 0 Å². The van der Waals surface area contributed by atoms with Crippen LogP contribution in [0, 0.1) is 10.1 Å². The van der Waals surface area contributed by atoms with Crippen molar-refractivity contribution < 1.29 is 14.4 Å². The molecule has 0 atom stereocenters. The molecule has 1 aromatic heterocycles. The molecule has 1 aliphatic rings. The molecule has 3 rings (SSSR count). The van der Waals surface area contributed by atoms with Crippen molar-refractivity contribution in [2.24, 2.45) is 0 Å². The number of benzene rings is 1. The lowest BCUT2D eigenvalue weighted by molar-refractivity contribution is -0.384. The number of rotatable bonds is 5. The monoisotopic (exact) mass is 289 g/mol. The number of nitrogens with zero attached hydrogens (tertiary/aromatic N) is 2. The van der Waals surface area contributed by atoms with Crippen molar-refractivity contribution >= 4 is 11.4 Å². The average Bonchev–Trinajstić information content (AvgIpc) is 3.11. The molecule has 1 aliphatic heterocycles. The van der Waals surface area contributed by atoms with E-state index in [1.807, 2.05) is 25.3 Å². The minimum absolute atomic E-state index is 0.0196. The number of aromatic nitrogens is 1. The fourth-order valence-electron chi connectivity index (χ4n) is 2.33.